The van der Waals surface area contributed by atoms with Crippen molar-refractivity contribution < 1.29 is 14.6 Å². The van der Waals surface area contributed by atoms with Gasteiger partial charge in [0.1, 0.15) is 0 Å². The Morgan fingerprint density at radius 3 is 3.00 bits per heavy atom. The zero-order valence-corrected chi connectivity index (χ0v) is 9.61. The summed E-state index contributed by atoms with van der Waals surface area (Å²) in [7, 11) is 0. The first-order chi connectivity index (χ1) is 7.13. The van der Waals surface area contributed by atoms with Crippen LogP contribution >= 0.6 is 0 Å². The van der Waals surface area contributed by atoms with E-state index in [0.717, 1.165) is 6.42 Å². The highest BCUT2D eigenvalue weighted by molar-refractivity contribution is 5.76. The first-order valence-corrected chi connectivity index (χ1v) is 5.71. The lowest BCUT2D eigenvalue weighted by atomic mass is 10.1. The second-order valence-corrected chi connectivity index (χ2v) is 4.13. The Balaban J connectivity index is 2.32. The third kappa shape index (κ3) is 4.18. The van der Waals surface area contributed by atoms with Gasteiger partial charge >= 0.3 is 0 Å². The van der Waals surface area contributed by atoms with Gasteiger partial charge in [-0.05, 0) is 19.8 Å². The molecule has 1 amide bonds. The molecule has 1 heterocycles. The van der Waals surface area contributed by atoms with E-state index in [1.165, 1.54) is 0 Å². The molecule has 4 nitrogen and oxygen atoms in total. The molecule has 15 heavy (non-hydrogen) atoms. The van der Waals surface area contributed by atoms with Crippen LogP contribution in [0, 0.1) is 0 Å². The number of morpholine rings is 1. The van der Waals surface area contributed by atoms with Crippen molar-refractivity contribution >= 4 is 5.91 Å². The Hall–Kier alpha value is -0.610. The van der Waals surface area contributed by atoms with Crippen LogP contribution in [0.1, 0.15) is 33.1 Å². The highest BCUT2D eigenvalue weighted by Gasteiger charge is 2.22. The van der Waals surface area contributed by atoms with E-state index in [1.54, 1.807) is 6.92 Å². The van der Waals surface area contributed by atoms with Crippen molar-refractivity contribution in [3.05, 3.63) is 0 Å². The van der Waals surface area contributed by atoms with Gasteiger partial charge in [0.25, 0.3) is 0 Å². The lowest BCUT2D eigenvalue weighted by molar-refractivity contribution is -0.139. The molecule has 0 aromatic heterocycles. The van der Waals surface area contributed by atoms with Gasteiger partial charge in [-0.2, -0.15) is 0 Å². The smallest absolute Gasteiger partial charge is 0.222 e. The van der Waals surface area contributed by atoms with Crippen molar-refractivity contribution in [1.29, 1.82) is 0 Å². The SMILES string of the molecule is CCC1CN(C(=O)CCC(C)O)CCO1. The van der Waals surface area contributed by atoms with Crippen LogP contribution < -0.4 is 0 Å². The van der Waals surface area contributed by atoms with Gasteiger partial charge in [-0.1, -0.05) is 6.92 Å². The molecule has 0 spiro atoms. The van der Waals surface area contributed by atoms with E-state index in [-0.39, 0.29) is 12.0 Å². The molecule has 0 saturated carbocycles. The Bertz CT molecular complexity index is 206. The zero-order valence-electron chi connectivity index (χ0n) is 9.61. The molecular formula is C11H21NO3. The quantitative estimate of drug-likeness (QED) is 0.754. The number of carbonyl (C=O) groups is 1. The zero-order chi connectivity index (χ0) is 11.3. The predicted octanol–water partition coefficient (Wildman–Crippen LogP) is 0.785. The van der Waals surface area contributed by atoms with Crippen LogP contribution in [0.4, 0.5) is 0 Å². The standard InChI is InChI=1S/C11H21NO3/c1-3-10-8-12(6-7-15-10)11(14)5-4-9(2)13/h9-10,13H,3-8H2,1-2H3. The summed E-state index contributed by atoms with van der Waals surface area (Å²) >= 11 is 0. The molecule has 0 aromatic rings. The maximum absolute atomic E-state index is 11.7. The molecule has 88 valence electrons. The summed E-state index contributed by atoms with van der Waals surface area (Å²) in [6.07, 6.45) is 1.73. The molecule has 2 unspecified atom stereocenters. The minimum Gasteiger partial charge on any atom is -0.393 e. The summed E-state index contributed by atoms with van der Waals surface area (Å²) in [6, 6.07) is 0. The average molecular weight is 215 g/mol. The monoisotopic (exact) mass is 215 g/mol. The van der Waals surface area contributed by atoms with Gasteiger partial charge in [-0.15, -0.1) is 0 Å². The van der Waals surface area contributed by atoms with Crippen LogP contribution in [-0.2, 0) is 9.53 Å². The average Bonchev–Trinajstić information content (AvgIpc) is 2.26. The molecule has 1 N–H and O–H groups in total. The number of amides is 1. The molecule has 1 aliphatic heterocycles. The Labute approximate surface area is 91.2 Å². The molecule has 2 atom stereocenters. The molecular weight excluding hydrogens is 194 g/mol. The molecule has 0 bridgehead atoms. The fourth-order valence-electron chi connectivity index (χ4n) is 1.68. The van der Waals surface area contributed by atoms with Crippen LogP contribution in [0.3, 0.4) is 0 Å². The summed E-state index contributed by atoms with van der Waals surface area (Å²) in [6.45, 7) is 5.80. The van der Waals surface area contributed by atoms with Gasteiger partial charge in [0.15, 0.2) is 0 Å². The molecule has 1 rings (SSSR count). The lowest BCUT2D eigenvalue weighted by Crippen LogP contribution is -2.45. The minimum absolute atomic E-state index is 0.137. The van der Waals surface area contributed by atoms with Crippen molar-refractivity contribution in [2.45, 2.75) is 45.3 Å². The van der Waals surface area contributed by atoms with Crippen LogP contribution in [0.2, 0.25) is 0 Å². The summed E-state index contributed by atoms with van der Waals surface area (Å²) in [5, 5.41) is 9.10. The summed E-state index contributed by atoms with van der Waals surface area (Å²) in [4.78, 5) is 13.6. The number of ether oxygens (including phenoxy) is 1. The third-order valence-electron chi connectivity index (χ3n) is 2.72. The van der Waals surface area contributed by atoms with Crippen molar-refractivity contribution in [3.8, 4) is 0 Å². The number of nitrogens with zero attached hydrogens (tertiary/aromatic N) is 1. The highest BCUT2D eigenvalue weighted by atomic mass is 16.5. The number of aliphatic hydroxyl groups excluding tert-OH is 1. The van der Waals surface area contributed by atoms with Gasteiger partial charge in [-0.25, -0.2) is 0 Å². The summed E-state index contributed by atoms with van der Waals surface area (Å²) in [5.41, 5.74) is 0. The Kier molecular flexibility index (Phi) is 5.05. The van der Waals surface area contributed by atoms with Crippen LogP contribution in [0.15, 0.2) is 0 Å². The third-order valence-corrected chi connectivity index (χ3v) is 2.72. The van der Waals surface area contributed by atoms with Crippen molar-refractivity contribution in [3.63, 3.8) is 0 Å². The predicted molar refractivity (Wildman–Crippen MR) is 57.5 cm³/mol. The fraction of sp³-hybridized carbons (Fsp3) is 0.909. The molecule has 0 aliphatic carbocycles. The minimum atomic E-state index is -0.392. The van der Waals surface area contributed by atoms with Gasteiger partial charge < -0.3 is 14.7 Å². The van der Waals surface area contributed by atoms with Crippen LogP contribution in [0.5, 0.6) is 0 Å². The van der Waals surface area contributed by atoms with E-state index in [1.807, 2.05) is 4.90 Å². The Morgan fingerprint density at radius 1 is 1.67 bits per heavy atom. The molecule has 4 heteroatoms. The summed E-state index contributed by atoms with van der Waals surface area (Å²) in [5.74, 6) is 0.137. The van der Waals surface area contributed by atoms with E-state index in [0.29, 0.717) is 32.5 Å². The van der Waals surface area contributed by atoms with E-state index >= 15 is 0 Å². The van der Waals surface area contributed by atoms with E-state index in [4.69, 9.17) is 9.84 Å². The van der Waals surface area contributed by atoms with Gasteiger partial charge in [-0.3, -0.25) is 4.79 Å². The molecule has 1 fully saturated rings. The van der Waals surface area contributed by atoms with Gasteiger partial charge in [0.05, 0.1) is 18.8 Å². The van der Waals surface area contributed by atoms with Crippen LogP contribution in [-0.4, -0.2) is 47.8 Å². The molecule has 0 aromatic carbocycles. The van der Waals surface area contributed by atoms with Crippen molar-refractivity contribution in [2.24, 2.45) is 0 Å². The van der Waals surface area contributed by atoms with Gasteiger partial charge in [0, 0.05) is 19.5 Å². The second kappa shape index (κ2) is 6.08. The maximum Gasteiger partial charge on any atom is 0.222 e. The summed E-state index contributed by atoms with van der Waals surface area (Å²) < 4.78 is 5.49. The largest absolute Gasteiger partial charge is 0.393 e. The molecule has 1 saturated heterocycles. The second-order valence-electron chi connectivity index (χ2n) is 4.13. The van der Waals surface area contributed by atoms with E-state index < -0.39 is 6.10 Å². The normalized spacial score (nSPS) is 23.9. The maximum atomic E-state index is 11.7. The van der Waals surface area contributed by atoms with Crippen molar-refractivity contribution in [1.82, 2.24) is 4.90 Å². The number of aliphatic hydroxyl groups is 1. The highest BCUT2D eigenvalue weighted by Crippen LogP contribution is 2.10. The lowest BCUT2D eigenvalue weighted by Gasteiger charge is -2.32. The Morgan fingerprint density at radius 2 is 2.40 bits per heavy atom. The topological polar surface area (TPSA) is 49.8 Å². The first kappa shape index (κ1) is 12.5. The van der Waals surface area contributed by atoms with E-state index in [9.17, 15) is 4.79 Å². The number of hydrogen-bond acceptors (Lipinski definition) is 3. The fourth-order valence-corrected chi connectivity index (χ4v) is 1.68. The van der Waals surface area contributed by atoms with Crippen LogP contribution in [0.25, 0.3) is 0 Å². The molecule has 1 aliphatic rings. The number of rotatable bonds is 4. The van der Waals surface area contributed by atoms with Crippen molar-refractivity contribution in [2.75, 3.05) is 19.7 Å². The first-order valence-electron chi connectivity index (χ1n) is 5.71. The number of carbonyl (C=O) groups excluding carboxylic acids is 1. The number of hydrogen-bond donors (Lipinski definition) is 1. The molecule has 0 radical (unpaired) electrons. The van der Waals surface area contributed by atoms with E-state index in [2.05, 4.69) is 6.92 Å². The van der Waals surface area contributed by atoms with Gasteiger partial charge in [0.2, 0.25) is 5.91 Å².